The summed E-state index contributed by atoms with van der Waals surface area (Å²) in [4.78, 5) is 44.4. The molecule has 3 aromatic rings. The molecule has 2 unspecified atom stereocenters. The Bertz CT molecular complexity index is 1530. The van der Waals surface area contributed by atoms with Gasteiger partial charge in [-0.2, -0.15) is 9.97 Å². The normalized spacial score (nSPS) is 21.6. The number of pyridine rings is 1. The van der Waals surface area contributed by atoms with E-state index >= 15 is 4.39 Å². The van der Waals surface area contributed by atoms with E-state index in [0.717, 1.165) is 31.2 Å². The highest BCUT2D eigenvalue weighted by Crippen LogP contribution is 2.37. The SMILES string of the molecule is CC(C)(C)OC(=O)N1C2CCC1CN(c1nc(OC[C@@H]3CCCN3C(=O)OCc3ccccc3)nc3c(F)c(Cl)ncc13)C2. The third kappa shape index (κ3) is 6.31. The van der Waals surface area contributed by atoms with Crippen LogP contribution in [0.1, 0.15) is 52.0 Å². The summed E-state index contributed by atoms with van der Waals surface area (Å²) in [7, 11) is 0. The number of hydrogen-bond acceptors (Lipinski definition) is 9. The fourth-order valence-electron chi connectivity index (χ4n) is 6.22. The van der Waals surface area contributed by atoms with E-state index in [2.05, 4.69) is 9.97 Å². The third-order valence-corrected chi connectivity index (χ3v) is 8.47. The number of anilines is 1. The number of rotatable bonds is 6. The molecule has 5 heterocycles. The summed E-state index contributed by atoms with van der Waals surface area (Å²) in [5, 5.41) is 0.0994. The Balaban J connectivity index is 1.19. The maximum Gasteiger partial charge on any atom is 0.410 e. The molecular weight excluding hydrogens is 591 g/mol. The van der Waals surface area contributed by atoms with Crippen LogP contribution in [0.4, 0.5) is 19.8 Å². The first-order valence-electron chi connectivity index (χ1n) is 15.0. The van der Waals surface area contributed by atoms with Gasteiger partial charge in [-0.1, -0.05) is 41.9 Å². The molecule has 6 rings (SSSR count). The topological polar surface area (TPSA) is 110 Å². The van der Waals surface area contributed by atoms with Gasteiger partial charge in [0.15, 0.2) is 11.0 Å². The van der Waals surface area contributed by atoms with Crippen LogP contribution in [0.3, 0.4) is 0 Å². The molecule has 0 spiro atoms. The molecular formula is C31H36ClFN6O5. The van der Waals surface area contributed by atoms with Gasteiger partial charge in [-0.15, -0.1) is 0 Å². The van der Waals surface area contributed by atoms with Gasteiger partial charge in [-0.05, 0) is 52.0 Å². The molecule has 0 saturated carbocycles. The third-order valence-electron chi connectivity index (χ3n) is 8.21. The summed E-state index contributed by atoms with van der Waals surface area (Å²) in [6.45, 7) is 7.35. The van der Waals surface area contributed by atoms with Gasteiger partial charge >= 0.3 is 18.2 Å². The zero-order valence-electron chi connectivity index (χ0n) is 25.0. The summed E-state index contributed by atoms with van der Waals surface area (Å²) in [6, 6.07) is 9.04. The lowest BCUT2D eigenvalue weighted by molar-refractivity contribution is 0.0122. The van der Waals surface area contributed by atoms with Crippen molar-refractivity contribution in [2.75, 3.05) is 31.1 Å². The molecule has 3 fully saturated rings. The van der Waals surface area contributed by atoms with Crippen molar-refractivity contribution in [1.29, 1.82) is 0 Å². The molecule has 2 aromatic heterocycles. The second-order valence-corrected chi connectivity index (χ2v) is 12.8. The summed E-state index contributed by atoms with van der Waals surface area (Å²) in [6.07, 6.45) is 3.89. The van der Waals surface area contributed by atoms with Crippen molar-refractivity contribution in [3.05, 3.63) is 53.1 Å². The van der Waals surface area contributed by atoms with Gasteiger partial charge < -0.3 is 24.0 Å². The van der Waals surface area contributed by atoms with Gasteiger partial charge in [0, 0.05) is 25.8 Å². The number of amides is 2. The smallest absolute Gasteiger partial charge is 0.410 e. The molecule has 1 aromatic carbocycles. The molecule has 0 radical (unpaired) electrons. The summed E-state index contributed by atoms with van der Waals surface area (Å²) in [5.74, 6) is -0.306. The van der Waals surface area contributed by atoms with Crippen molar-refractivity contribution >= 4 is 40.5 Å². The average Bonchev–Trinajstić information content (AvgIpc) is 3.57. The van der Waals surface area contributed by atoms with Crippen molar-refractivity contribution < 1.29 is 28.2 Å². The Morgan fingerprint density at radius 2 is 1.77 bits per heavy atom. The van der Waals surface area contributed by atoms with Crippen LogP contribution in [0.2, 0.25) is 5.15 Å². The van der Waals surface area contributed by atoms with Crippen molar-refractivity contribution in [2.24, 2.45) is 0 Å². The molecule has 44 heavy (non-hydrogen) atoms. The molecule has 234 valence electrons. The van der Waals surface area contributed by atoms with Crippen LogP contribution in [-0.2, 0) is 16.1 Å². The number of likely N-dealkylation sites (tertiary alicyclic amines) is 1. The number of nitrogens with zero attached hydrogens (tertiary/aromatic N) is 6. The van der Waals surface area contributed by atoms with Crippen LogP contribution in [0.25, 0.3) is 10.9 Å². The number of hydrogen-bond donors (Lipinski definition) is 0. The van der Waals surface area contributed by atoms with E-state index < -0.39 is 17.5 Å². The molecule has 2 amide bonds. The van der Waals surface area contributed by atoms with Crippen LogP contribution >= 0.6 is 11.6 Å². The number of aromatic nitrogens is 3. The Hall–Kier alpha value is -3.93. The van der Waals surface area contributed by atoms with Gasteiger partial charge in [0.2, 0.25) is 0 Å². The van der Waals surface area contributed by atoms with Gasteiger partial charge in [0.25, 0.3) is 0 Å². The van der Waals surface area contributed by atoms with Crippen molar-refractivity contribution in [1.82, 2.24) is 24.8 Å². The van der Waals surface area contributed by atoms with E-state index in [9.17, 15) is 9.59 Å². The predicted molar refractivity (Wildman–Crippen MR) is 161 cm³/mol. The van der Waals surface area contributed by atoms with Crippen molar-refractivity contribution in [3.63, 3.8) is 0 Å². The van der Waals surface area contributed by atoms with Crippen LogP contribution in [0.15, 0.2) is 36.5 Å². The highest BCUT2D eigenvalue weighted by molar-refractivity contribution is 6.30. The number of piperazine rings is 1. The highest BCUT2D eigenvalue weighted by Gasteiger charge is 2.45. The standard InChI is InChI=1S/C31H36ClFN6O5/c1-31(2,3)44-30(41)39-20-11-12-21(39)16-37(15-20)27-23-14-34-26(32)24(33)25(23)35-28(36-27)42-18-22-10-7-13-38(22)29(40)43-17-19-8-5-4-6-9-19/h4-6,8-9,14,20-22H,7,10-13,15-18H2,1-3H3/t20?,21?,22-/m0/s1. The number of carbonyl (C=O) groups excluding carboxylic acids is 2. The van der Waals surface area contributed by atoms with E-state index in [-0.39, 0.29) is 54.1 Å². The number of benzene rings is 1. The lowest BCUT2D eigenvalue weighted by Gasteiger charge is -2.42. The first-order chi connectivity index (χ1) is 21.1. The second-order valence-electron chi connectivity index (χ2n) is 12.5. The average molecular weight is 627 g/mol. The molecule has 2 bridgehead atoms. The van der Waals surface area contributed by atoms with Gasteiger partial charge in [0.05, 0.1) is 23.5 Å². The van der Waals surface area contributed by atoms with Crippen LogP contribution in [0, 0.1) is 5.82 Å². The van der Waals surface area contributed by atoms with E-state index in [1.54, 1.807) is 4.90 Å². The monoisotopic (exact) mass is 626 g/mol. The van der Waals surface area contributed by atoms with E-state index in [1.807, 2.05) is 60.9 Å². The second kappa shape index (κ2) is 12.2. The quantitative estimate of drug-likeness (QED) is 0.324. The zero-order chi connectivity index (χ0) is 31.0. The number of fused-ring (bicyclic) bond motifs is 3. The molecule has 0 aliphatic carbocycles. The molecule has 0 N–H and O–H groups in total. The Morgan fingerprint density at radius 1 is 1.05 bits per heavy atom. The van der Waals surface area contributed by atoms with Gasteiger partial charge in [-0.3, -0.25) is 4.90 Å². The molecule has 3 saturated heterocycles. The molecule has 3 atom stereocenters. The summed E-state index contributed by atoms with van der Waals surface area (Å²) in [5.41, 5.74) is 0.302. The number of halogens is 2. The maximum atomic E-state index is 15.3. The number of ether oxygens (including phenoxy) is 3. The lowest BCUT2D eigenvalue weighted by atomic mass is 10.1. The Kier molecular flexibility index (Phi) is 8.36. The molecule has 3 aliphatic heterocycles. The first-order valence-corrected chi connectivity index (χ1v) is 15.3. The molecule has 3 aliphatic rings. The van der Waals surface area contributed by atoms with Crippen LogP contribution < -0.4 is 9.64 Å². The van der Waals surface area contributed by atoms with Crippen LogP contribution in [0.5, 0.6) is 6.01 Å². The largest absolute Gasteiger partial charge is 0.461 e. The minimum atomic E-state index is -0.764. The van der Waals surface area contributed by atoms with Gasteiger partial charge in [0.1, 0.15) is 30.1 Å². The van der Waals surface area contributed by atoms with Gasteiger partial charge in [-0.25, -0.2) is 19.0 Å². The number of carbonyl (C=O) groups is 2. The maximum absolute atomic E-state index is 15.3. The molecule has 13 heteroatoms. The Morgan fingerprint density at radius 3 is 2.48 bits per heavy atom. The summed E-state index contributed by atoms with van der Waals surface area (Å²) >= 11 is 6.03. The van der Waals surface area contributed by atoms with Crippen molar-refractivity contribution in [2.45, 2.75) is 76.8 Å². The van der Waals surface area contributed by atoms with Crippen molar-refractivity contribution in [3.8, 4) is 6.01 Å². The fourth-order valence-corrected chi connectivity index (χ4v) is 6.35. The minimum absolute atomic E-state index is 0.00234. The predicted octanol–water partition coefficient (Wildman–Crippen LogP) is 5.59. The lowest BCUT2D eigenvalue weighted by Crippen LogP contribution is -2.57. The van der Waals surface area contributed by atoms with E-state index in [1.165, 1.54) is 6.20 Å². The Labute approximate surface area is 260 Å². The first kappa shape index (κ1) is 30.1. The summed E-state index contributed by atoms with van der Waals surface area (Å²) < 4.78 is 32.5. The van der Waals surface area contributed by atoms with E-state index in [4.69, 9.17) is 30.8 Å². The molecule has 11 nitrogen and oxygen atoms in total. The fraction of sp³-hybridized carbons (Fsp3) is 0.516. The van der Waals surface area contributed by atoms with Crippen LogP contribution in [-0.4, -0.2) is 86.9 Å². The van der Waals surface area contributed by atoms with E-state index in [0.29, 0.717) is 30.8 Å². The zero-order valence-corrected chi connectivity index (χ0v) is 25.8. The minimum Gasteiger partial charge on any atom is -0.461 e. The highest BCUT2D eigenvalue weighted by atomic mass is 35.5.